The summed E-state index contributed by atoms with van der Waals surface area (Å²) in [6, 6.07) is 13.0. The summed E-state index contributed by atoms with van der Waals surface area (Å²) in [5.74, 6) is -0.919. The van der Waals surface area contributed by atoms with Crippen molar-refractivity contribution in [1.82, 2.24) is 0 Å². The number of phenolic OH excluding ortho intramolecular Hbond substituents is 2. The van der Waals surface area contributed by atoms with E-state index >= 15 is 0 Å². The molecule has 3 N–H and O–H groups in total. The van der Waals surface area contributed by atoms with Gasteiger partial charge in [-0.05, 0) is 55.5 Å². The number of nitrogens with zero attached hydrogens (tertiary/aromatic N) is 1. The van der Waals surface area contributed by atoms with E-state index in [1.54, 1.807) is 55.5 Å². The fourth-order valence-electron chi connectivity index (χ4n) is 2.31. The Kier molecular flexibility index (Phi) is 6.03. The molecule has 0 bridgehead atoms. The molecule has 0 aliphatic heterocycles. The van der Waals surface area contributed by atoms with E-state index in [-0.39, 0.29) is 31.3 Å². The van der Waals surface area contributed by atoms with Crippen molar-refractivity contribution in [2.24, 2.45) is 5.92 Å². The van der Waals surface area contributed by atoms with Gasteiger partial charge in [0.1, 0.15) is 11.5 Å². The average Bonchev–Trinajstić information content (AvgIpc) is 2.58. The molecule has 6 heteroatoms. The molecular weight excluding hydrogens is 310 g/mol. The zero-order valence-corrected chi connectivity index (χ0v) is 13.4. The third kappa shape index (κ3) is 4.39. The van der Waals surface area contributed by atoms with E-state index in [1.807, 2.05) is 4.90 Å². The molecule has 2 aromatic rings. The molecule has 0 heterocycles. The summed E-state index contributed by atoms with van der Waals surface area (Å²) < 4.78 is 5.00. The van der Waals surface area contributed by atoms with Crippen molar-refractivity contribution in [2.45, 2.75) is 6.92 Å². The van der Waals surface area contributed by atoms with E-state index in [0.717, 1.165) is 11.4 Å². The molecule has 1 unspecified atom stereocenters. The monoisotopic (exact) mass is 331 g/mol. The van der Waals surface area contributed by atoms with E-state index in [4.69, 9.17) is 4.74 Å². The fourth-order valence-corrected chi connectivity index (χ4v) is 2.31. The van der Waals surface area contributed by atoms with Gasteiger partial charge >= 0.3 is 5.97 Å². The maximum absolute atomic E-state index is 12.0. The third-order valence-electron chi connectivity index (χ3n) is 3.57. The number of anilines is 2. The SMILES string of the molecule is CCOC(=O)C(CO)CN(c1ccc(O)cc1)c1ccc(O)cc1. The topological polar surface area (TPSA) is 90.2 Å². The summed E-state index contributed by atoms with van der Waals surface area (Å²) in [4.78, 5) is 13.8. The maximum Gasteiger partial charge on any atom is 0.313 e. The lowest BCUT2D eigenvalue weighted by Gasteiger charge is -2.28. The van der Waals surface area contributed by atoms with Gasteiger partial charge < -0.3 is 25.0 Å². The highest BCUT2D eigenvalue weighted by atomic mass is 16.5. The normalized spacial score (nSPS) is 11.8. The minimum absolute atomic E-state index is 0.133. The number of ether oxygens (including phenoxy) is 1. The number of aliphatic hydroxyl groups is 1. The van der Waals surface area contributed by atoms with Crippen molar-refractivity contribution < 1.29 is 24.9 Å². The molecule has 0 aliphatic rings. The molecule has 1 atom stereocenters. The summed E-state index contributed by atoms with van der Waals surface area (Å²) in [5, 5.41) is 28.5. The highest BCUT2D eigenvalue weighted by Crippen LogP contribution is 2.29. The Labute approximate surface area is 140 Å². The van der Waals surface area contributed by atoms with Gasteiger partial charge in [0.05, 0.1) is 19.1 Å². The van der Waals surface area contributed by atoms with Gasteiger partial charge in [0, 0.05) is 17.9 Å². The Morgan fingerprint density at radius 3 is 1.83 bits per heavy atom. The molecule has 0 spiro atoms. The lowest BCUT2D eigenvalue weighted by molar-refractivity contribution is -0.148. The highest BCUT2D eigenvalue weighted by Gasteiger charge is 2.23. The molecule has 0 saturated heterocycles. The first-order valence-electron chi connectivity index (χ1n) is 7.68. The average molecular weight is 331 g/mol. The van der Waals surface area contributed by atoms with Crippen LogP contribution in [0.15, 0.2) is 48.5 Å². The van der Waals surface area contributed by atoms with Gasteiger partial charge in [-0.3, -0.25) is 4.79 Å². The van der Waals surface area contributed by atoms with Gasteiger partial charge in [-0.25, -0.2) is 0 Å². The van der Waals surface area contributed by atoms with Gasteiger partial charge in [0.2, 0.25) is 0 Å². The minimum atomic E-state index is -0.715. The predicted molar refractivity (Wildman–Crippen MR) is 90.4 cm³/mol. The van der Waals surface area contributed by atoms with E-state index in [2.05, 4.69) is 0 Å². The molecule has 0 fully saturated rings. The number of rotatable bonds is 7. The summed E-state index contributed by atoms with van der Waals surface area (Å²) in [6.07, 6.45) is 0. The first-order valence-corrected chi connectivity index (χ1v) is 7.68. The second kappa shape index (κ2) is 8.21. The lowest BCUT2D eigenvalue weighted by atomic mass is 10.1. The zero-order valence-electron chi connectivity index (χ0n) is 13.4. The van der Waals surface area contributed by atoms with Crippen LogP contribution in [0.5, 0.6) is 11.5 Å². The van der Waals surface area contributed by atoms with Crippen molar-refractivity contribution in [1.29, 1.82) is 0 Å². The summed E-state index contributed by atoms with van der Waals surface area (Å²) in [6.45, 7) is 1.81. The number of hydrogen-bond donors (Lipinski definition) is 3. The van der Waals surface area contributed by atoms with Crippen LogP contribution in [0, 0.1) is 5.92 Å². The van der Waals surface area contributed by atoms with Gasteiger partial charge in [-0.2, -0.15) is 0 Å². The predicted octanol–water partition coefficient (Wildman–Crippen LogP) is 2.41. The zero-order chi connectivity index (χ0) is 17.5. The van der Waals surface area contributed by atoms with Crippen molar-refractivity contribution in [3.63, 3.8) is 0 Å². The Hall–Kier alpha value is -2.73. The minimum Gasteiger partial charge on any atom is -0.508 e. The third-order valence-corrected chi connectivity index (χ3v) is 3.57. The molecule has 2 aromatic carbocycles. The smallest absolute Gasteiger partial charge is 0.313 e. The molecule has 0 saturated carbocycles. The number of phenols is 2. The van der Waals surface area contributed by atoms with Crippen LogP contribution < -0.4 is 4.90 Å². The number of aliphatic hydroxyl groups excluding tert-OH is 1. The Bertz CT molecular complexity index is 609. The Balaban J connectivity index is 2.33. The van der Waals surface area contributed by atoms with Crippen LogP contribution in [-0.4, -0.2) is 41.0 Å². The van der Waals surface area contributed by atoms with Crippen molar-refractivity contribution >= 4 is 17.3 Å². The highest BCUT2D eigenvalue weighted by molar-refractivity contribution is 5.75. The summed E-state index contributed by atoms with van der Waals surface area (Å²) in [5.41, 5.74) is 1.47. The molecule has 24 heavy (non-hydrogen) atoms. The first-order chi connectivity index (χ1) is 11.5. The summed E-state index contributed by atoms with van der Waals surface area (Å²) in [7, 11) is 0. The molecule has 0 aliphatic carbocycles. The maximum atomic E-state index is 12.0. The largest absolute Gasteiger partial charge is 0.508 e. The van der Waals surface area contributed by atoms with E-state index < -0.39 is 11.9 Å². The Morgan fingerprint density at radius 2 is 1.46 bits per heavy atom. The van der Waals surface area contributed by atoms with Gasteiger partial charge in [-0.15, -0.1) is 0 Å². The number of hydrogen-bond acceptors (Lipinski definition) is 6. The first kappa shape index (κ1) is 17.6. The quantitative estimate of drug-likeness (QED) is 0.675. The molecule has 2 rings (SSSR count). The number of benzene rings is 2. The van der Waals surface area contributed by atoms with Gasteiger partial charge in [0.25, 0.3) is 0 Å². The van der Waals surface area contributed by atoms with Crippen LogP contribution in [0.2, 0.25) is 0 Å². The number of carbonyl (C=O) groups excluding carboxylic acids is 1. The number of aromatic hydroxyl groups is 2. The molecule has 0 aromatic heterocycles. The Morgan fingerprint density at radius 1 is 1.00 bits per heavy atom. The number of esters is 1. The van der Waals surface area contributed by atoms with Crippen LogP contribution in [-0.2, 0) is 9.53 Å². The van der Waals surface area contributed by atoms with Crippen LogP contribution in [0.4, 0.5) is 11.4 Å². The molecule has 6 nitrogen and oxygen atoms in total. The van der Waals surface area contributed by atoms with Crippen molar-refractivity contribution in [2.75, 3.05) is 24.7 Å². The van der Waals surface area contributed by atoms with Crippen LogP contribution in [0.25, 0.3) is 0 Å². The van der Waals surface area contributed by atoms with Gasteiger partial charge in [-0.1, -0.05) is 0 Å². The van der Waals surface area contributed by atoms with Crippen LogP contribution in [0.3, 0.4) is 0 Å². The molecule has 0 radical (unpaired) electrons. The standard InChI is InChI=1S/C18H21NO5/c1-2-24-18(23)13(12-20)11-19(14-3-7-16(21)8-4-14)15-5-9-17(22)10-6-15/h3-10,13,20-22H,2,11-12H2,1H3. The summed E-state index contributed by atoms with van der Waals surface area (Å²) >= 11 is 0. The van der Waals surface area contributed by atoms with Crippen LogP contribution >= 0.6 is 0 Å². The van der Waals surface area contributed by atoms with E-state index in [1.165, 1.54) is 0 Å². The van der Waals surface area contributed by atoms with Crippen molar-refractivity contribution in [3.05, 3.63) is 48.5 Å². The second-order valence-electron chi connectivity index (χ2n) is 5.27. The molecule has 128 valence electrons. The van der Waals surface area contributed by atoms with E-state index in [9.17, 15) is 20.1 Å². The van der Waals surface area contributed by atoms with Crippen LogP contribution in [0.1, 0.15) is 6.92 Å². The lowest BCUT2D eigenvalue weighted by Crippen LogP contribution is -2.33. The number of carbonyl (C=O) groups is 1. The molecule has 0 amide bonds. The van der Waals surface area contributed by atoms with Gasteiger partial charge in [0.15, 0.2) is 0 Å². The van der Waals surface area contributed by atoms with Crippen molar-refractivity contribution in [3.8, 4) is 11.5 Å². The fraction of sp³-hybridized carbons (Fsp3) is 0.278. The molecular formula is C18H21NO5. The second-order valence-corrected chi connectivity index (χ2v) is 5.27. The van der Waals surface area contributed by atoms with E-state index in [0.29, 0.717) is 0 Å².